The molecule has 3 aliphatic heterocycles. The number of allylic oxidation sites excluding steroid dienone is 1. The van der Waals surface area contributed by atoms with Gasteiger partial charge in [-0.2, -0.15) is 0 Å². The number of nitrogens with one attached hydrogen (secondary N) is 1. The predicted molar refractivity (Wildman–Crippen MR) is 185 cm³/mol. The SMILES string of the molecule is COC(=O)C1=C(CCc2ccccc2OC)NC(CC(=O)N2CCN(CC(=O)N3CCCC3)CC2)=C(C(=O)OC)C1c1c(Cl)cccc1Cl. The van der Waals surface area contributed by atoms with E-state index in [1.165, 1.54) is 14.2 Å². The third kappa shape index (κ3) is 8.22. The van der Waals surface area contributed by atoms with Crippen LogP contribution in [0.4, 0.5) is 0 Å². The maximum absolute atomic E-state index is 13.9. The lowest BCUT2D eigenvalue weighted by Crippen LogP contribution is -2.51. The van der Waals surface area contributed by atoms with E-state index >= 15 is 0 Å². The van der Waals surface area contributed by atoms with Gasteiger partial charge < -0.3 is 29.3 Å². The van der Waals surface area contributed by atoms with E-state index in [0.717, 1.165) is 31.5 Å². The van der Waals surface area contributed by atoms with Crippen molar-refractivity contribution >= 4 is 47.0 Å². The number of dihydropyridines is 1. The van der Waals surface area contributed by atoms with Gasteiger partial charge in [-0.3, -0.25) is 14.5 Å². The molecule has 5 rings (SSSR count). The molecule has 11 nitrogen and oxygen atoms in total. The normalized spacial score (nSPS) is 18.3. The molecule has 0 aromatic heterocycles. The number of rotatable bonds is 11. The van der Waals surface area contributed by atoms with E-state index in [2.05, 4.69) is 10.2 Å². The van der Waals surface area contributed by atoms with E-state index in [1.807, 2.05) is 29.2 Å². The lowest BCUT2D eigenvalue weighted by atomic mass is 9.78. The van der Waals surface area contributed by atoms with Gasteiger partial charge in [0.2, 0.25) is 11.8 Å². The number of halogens is 2. The minimum absolute atomic E-state index is 0.0436. The molecule has 1 unspecified atom stereocenters. The number of ether oxygens (including phenoxy) is 3. The summed E-state index contributed by atoms with van der Waals surface area (Å²) in [4.78, 5) is 59.6. The highest BCUT2D eigenvalue weighted by atomic mass is 35.5. The van der Waals surface area contributed by atoms with Gasteiger partial charge in [0, 0.05) is 66.3 Å². The third-order valence-corrected chi connectivity index (χ3v) is 10.00. The number of para-hydroxylation sites is 1. The van der Waals surface area contributed by atoms with E-state index in [1.54, 1.807) is 30.2 Å². The maximum atomic E-state index is 13.9. The van der Waals surface area contributed by atoms with E-state index < -0.39 is 17.9 Å². The molecule has 1 atom stereocenters. The average Bonchev–Trinajstić information content (AvgIpc) is 3.66. The Bertz CT molecular complexity index is 1630. The molecule has 49 heavy (non-hydrogen) atoms. The van der Waals surface area contributed by atoms with Crippen LogP contribution in [0.5, 0.6) is 5.75 Å². The van der Waals surface area contributed by atoms with Crippen molar-refractivity contribution in [1.29, 1.82) is 0 Å². The van der Waals surface area contributed by atoms with Crippen LogP contribution < -0.4 is 10.1 Å². The van der Waals surface area contributed by atoms with Crippen LogP contribution in [0.2, 0.25) is 10.0 Å². The van der Waals surface area contributed by atoms with Gasteiger partial charge in [0.25, 0.3) is 0 Å². The molecule has 13 heteroatoms. The summed E-state index contributed by atoms with van der Waals surface area (Å²) in [5, 5.41) is 3.75. The molecule has 3 heterocycles. The largest absolute Gasteiger partial charge is 0.496 e. The second-order valence-electron chi connectivity index (χ2n) is 12.2. The topological polar surface area (TPSA) is 118 Å². The van der Waals surface area contributed by atoms with Crippen LogP contribution in [-0.2, 0) is 35.1 Å². The Morgan fingerprint density at radius 1 is 0.735 bits per heavy atom. The van der Waals surface area contributed by atoms with E-state index in [9.17, 15) is 19.2 Å². The first-order valence-corrected chi connectivity index (χ1v) is 17.2. The monoisotopic (exact) mass is 712 g/mol. The fraction of sp³-hybridized carbons (Fsp3) is 0.444. The number of carbonyl (C=O) groups is 4. The highest BCUT2D eigenvalue weighted by Crippen LogP contribution is 2.46. The lowest BCUT2D eigenvalue weighted by Gasteiger charge is -2.36. The number of piperazine rings is 1. The number of likely N-dealkylation sites (tertiary alicyclic amines) is 1. The molecule has 0 aliphatic carbocycles. The Morgan fingerprint density at radius 3 is 1.94 bits per heavy atom. The fourth-order valence-corrected chi connectivity index (χ4v) is 7.38. The van der Waals surface area contributed by atoms with Crippen molar-refractivity contribution in [3.8, 4) is 5.75 Å². The quantitative estimate of drug-likeness (QED) is 0.340. The molecule has 3 aliphatic rings. The Labute approximate surface area is 296 Å². The van der Waals surface area contributed by atoms with E-state index in [0.29, 0.717) is 62.6 Å². The molecular weight excluding hydrogens is 671 g/mol. The van der Waals surface area contributed by atoms with Crippen LogP contribution in [0.15, 0.2) is 65.0 Å². The van der Waals surface area contributed by atoms with Crippen molar-refractivity contribution < 1.29 is 33.4 Å². The first-order chi connectivity index (χ1) is 23.7. The molecule has 2 saturated heterocycles. The molecule has 0 spiro atoms. The summed E-state index contributed by atoms with van der Waals surface area (Å²) in [5.74, 6) is -1.93. The van der Waals surface area contributed by atoms with Crippen molar-refractivity contribution in [2.75, 3.05) is 67.1 Å². The summed E-state index contributed by atoms with van der Waals surface area (Å²) >= 11 is 13.5. The van der Waals surface area contributed by atoms with Crippen LogP contribution >= 0.6 is 23.2 Å². The third-order valence-electron chi connectivity index (χ3n) is 9.34. The van der Waals surface area contributed by atoms with E-state index in [-0.39, 0.29) is 45.1 Å². The number of methoxy groups -OCH3 is 3. The lowest BCUT2D eigenvalue weighted by molar-refractivity contribution is -0.137. The molecule has 1 N–H and O–H groups in total. The van der Waals surface area contributed by atoms with Gasteiger partial charge in [-0.25, -0.2) is 9.59 Å². The van der Waals surface area contributed by atoms with Gasteiger partial charge in [0.15, 0.2) is 0 Å². The van der Waals surface area contributed by atoms with Crippen LogP contribution in [0.25, 0.3) is 0 Å². The van der Waals surface area contributed by atoms with Gasteiger partial charge in [-0.05, 0) is 49.4 Å². The zero-order valence-electron chi connectivity index (χ0n) is 28.1. The second-order valence-corrected chi connectivity index (χ2v) is 13.0. The van der Waals surface area contributed by atoms with Crippen molar-refractivity contribution in [1.82, 2.24) is 20.0 Å². The van der Waals surface area contributed by atoms with Crippen LogP contribution in [-0.4, -0.2) is 106 Å². The smallest absolute Gasteiger partial charge is 0.336 e. The first kappa shape index (κ1) is 36.2. The average molecular weight is 714 g/mol. The summed E-state index contributed by atoms with van der Waals surface area (Å²) in [6.07, 6.45) is 2.66. The molecule has 2 amide bonds. The van der Waals surface area contributed by atoms with Gasteiger partial charge in [-0.15, -0.1) is 0 Å². The molecule has 262 valence electrons. The summed E-state index contributed by atoms with van der Waals surface area (Å²) in [7, 11) is 4.09. The fourth-order valence-electron chi connectivity index (χ4n) is 6.77. The van der Waals surface area contributed by atoms with Gasteiger partial charge in [0.1, 0.15) is 5.75 Å². The maximum Gasteiger partial charge on any atom is 0.336 e. The van der Waals surface area contributed by atoms with Crippen molar-refractivity contribution in [3.05, 3.63) is 86.2 Å². The number of hydrogen-bond donors (Lipinski definition) is 1. The minimum atomic E-state index is -1.09. The highest BCUT2D eigenvalue weighted by Gasteiger charge is 2.42. The molecule has 2 aromatic carbocycles. The zero-order valence-corrected chi connectivity index (χ0v) is 29.6. The summed E-state index contributed by atoms with van der Waals surface area (Å²) < 4.78 is 16.1. The second kappa shape index (κ2) is 16.6. The number of aryl methyl sites for hydroxylation is 1. The van der Waals surface area contributed by atoms with Crippen LogP contribution in [0.3, 0.4) is 0 Å². The Balaban J connectivity index is 1.48. The van der Waals surface area contributed by atoms with Crippen molar-refractivity contribution in [2.24, 2.45) is 0 Å². The Morgan fingerprint density at radius 2 is 1.33 bits per heavy atom. The molecule has 2 aromatic rings. The molecule has 0 radical (unpaired) electrons. The number of esters is 2. The van der Waals surface area contributed by atoms with Crippen molar-refractivity contribution in [2.45, 2.75) is 38.0 Å². The Kier molecular flexibility index (Phi) is 12.2. The first-order valence-electron chi connectivity index (χ1n) is 16.4. The minimum Gasteiger partial charge on any atom is -0.496 e. The number of nitrogens with zero attached hydrogens (tertiary/aromatic N) is 3. The molecule has 0 saturated carbocycles. The Hall–Kier alpha value is -4.06. The van der Waals surface area contributed by atoms with Crippen LogP contribution in [0, 0.1) is 0 Å². The molecular formula is C36H42Cl2N4O7. The number of benzene rings is 2. The van der Waals surface area contributed by atoms with Gasteiger partial charge in [0.05, 0.1) is 51.4 Å². The highest BCUT2D eigenvalue weighted by molar-refractivity contribution is 6.36. The standard InChI is InChI=1S/C36H42Cl2N4O7/c1-47-28-12-5-4-9-23(28)13-14-26-32(35(45)48-2)34(31-24(37)10-8-11-25(31)38)33(36(46)49-3)27(39-26)21-29(43)42-19-17-40(18-20-42)22-30(44)41-15-6-7-16-41/h4-5,8-12,34,39H,6-7,13-22H2,1-3H3. The summed E-state index contributed by atoms with van der Waals surface area (Å²) in [6, 6.07) is 12.5. The number of carbonyl (C=O) groups excluding carboxylic acids is 4. The van der Waals surface area contributed by atoms with E-state index in [4.69, 9.17) is 37.4 Å². The summed E-state index contributed by atoms with van der Waals surface area (Å²) in [5.41, 5.74) is 2.15. The van der Waals surface area contributed by atoms with Gasteiger partial charge >= 0.3 is 11.9 Å². The molecule has 0 bridgehead atoms. The zero-order chi connectivity index (χ0) is 35.1. The number of hydrogen-bond acceptors (Lipinski definition) is 9. The predicted octanol–water partition coefficient (Wildman–Crippen LogP) is 4.33. The van der Waals surface area contributed by atoms with Crippen LogP contribution in [0.1, 0.15) is 42.7 Å². The summed E-state index contributed by atoms with van der Waals surface area (Å²) in [6.45, 7) is 3.89. The van der Waals surface area contributed by atoms with Crippen molar-refractivity contribution in [3.63, 3.8) is 0 Å². The van der Waals surface area contributed by atoms with Gasteiger partial charge in [-0.1, -0.05) is 47.5 Å². The molecule has 2 fully saturated rings. The number of amides is 2.